The number of aryl methyl sites for hydroxylation is 1. The Morgan fingerprint density at radius 1 is 1.12 bits per heavy atom. The zero-order valence-corrected chi connectivity index (χ0v) is 27.3. The van der Waals surface area contributed by atoms with E-state index in [1.165, 1.54) is 11.7 Å². The number of halogens is 3. The predicted octanol–water partition coefficient (Wildman–Crippen LogP) is 5.28. The lowest BCUT2D eigenvalue weighted by Crippen LogP contribution is -2.51. The molecule has 0 radical (unpaired) electrons. The van der Waals surface area contributed by atoms with Crippen molar-refractivity contribution in [2.75, 3.05) is 13.7 Å². The van der Waals surface area contributed by atoms with Crippen LogP contribution in [0, 0.1) is 11.8 Å². The molecule has 4 aliphatic rings. The van der Waals surface area contributed by atoms with E-state index < -0.39 is 42.4 Å². The highest BCUT2D eigenvalue weighted by atomic mass is 19.3. The van der Waals surface area contributed by atoms with E-state index in [-0.39, 0.29) is 37.3 Å². The molecule has 4 bridgehead atoms. The van der Waals surface area contributed by atoms with Crippen LogP contribution in [0.4, 0.5) is 13.2 Å². The first-order valence-electron chi connectivity index (χ1n) is 16.8. The summed E-state index contributed by atoms with van der Waals surface area (Å²) in [6.07, 6.45) is 2.22. The fourth-order valence-electron chi connectivity index (χ4n) is 8.37. The molecule has 6 atom stereocenters. The van der Waals surface area contributed by atoms with Crippen molar-refractivity contribution in [2.45, 2.75) is 88.1 Å². The van der Waals surface area contributed by atoms with Crippen molar-refractivity contribution in [1.29, 1.82) is 0 Å². The Hall–Kier alpha value is -4.13. The molecule has 10 nitrogen and oxygen atoms in total. The second-order valence-electron chi connectivity index (χ2n) is 14.4. The van der Waals surface area contributed by atoms with E-state index in [1.54, 1.807) is 48.9 Å². The smallest absolute Gasteiger partial charge is 0.265 e. The molecule has 3 N–H and O–H groups in total. The Kier molecular flexibility index (Phi) is 7.10. The van der Waals surface area contributed by atoms with Crippen LogP contribution in [0.15, 0.2) is 30.3 Å². The molecule has 3 aromatic heterocycles. The first-order chi connectivity index (χ1) is 22.9. The minimum Gasteiger partial charge on any atom is -0.494 e. The molecule has 2 aliphatic carbocycles. The minimum atomic E-state index is -3.19. The number of methoxy groups -OCH3 is 1. The topological polar surface area (TPSA) is 120 Å². The Bertz CT molecular complexity index is 1970. The van der Waals surface area contributed by atoms with Gasteiger partial charge >= 0.3 is 0 Å². The second-order valence-corrected chi connectivity index (χ2v) is 14.4. The predicted molar refractivity (Wildman–Crippen MR) is 173 cm³/mol. The summed E-state index contributed by atoms with van der Waals surface area (Å²) >= 11 is 0. The standard InChI is InChI=1S/C35H40F3N7O3/c1-18-25-8-6-20-13-27(45(30(20)41-25)17-35(37,38)10-4-9-34(36)15-23(34)32(46)40-18)31-42-26-12-21(14-28(48-3)29(26)43(31)2)33(47)44-16-24(39)19-5-7-22(44)11-19/h6,8,12-14,18-19,22-24H,4-5,7,9-11,15-17,39H2,1-3H3,(H,40,46)/t18-,19-,22+,23+,24+,34+/m1/s1. The molecule has 4 aromatic rings. The van der Waals surface area contributed by atoms with Gasteiger partial charge in [-0.3, -0.25) is 9.59 Å². The molecule has 1 aromatic carbocycles. The van der Waals surface area contributed by atoms with Crippen LogP contribution in [0.5, 0.6) is 5.75 Å². The number of alkyl halides is 3. The lowest BCUT2D eigenvalue weighted by Gasteiger charge is -2.37. The Labute approximate surface area is 275 Å². The molecule has 3 fully saturated rings. The van der Waals surface area contributed by atoms with E-state index in [9.17, 15) is 9.59 Å². The summed E-state index contributed by atoms with van der Waals surface area (Å²) in [5.74, 6) is -3.28. The van der Waals surface area contributed by atoms with Gasteiger partial charge < -0.3 is 29.8 Å². The number of nitrogens with two attached hydrogens (primary N) is 1. The number of carbonyl (C=O) groups excluding carboxylic acids is 2. The van der Waals surface area contributed by atoms with Gasteiger partial charge in [0.15, 0.2) is 5.82 Å². The van der Waals surface area contributed by atoms with Crippen LogP contribution in [-0.2, 0) is 18.4 Å². The molecule has 254 valence electrons. The quantitative estimate of drug-likeness (QED) is 0.308. The van der Waals surface area contributed by atoms with Crippen molar-refractivity contribution in [1.82, 2.24) is 29.3 Å². The molecule has 5 heterocycles. The zero-order valence-electron chi connectivity index (χ0n) is 27.3. The summed E-state index contributed by atoms with van der Waals surface area (Å²) in [6.45, 7) is 1.57. The highest BCUT2D eigenvalue weighted by molar-refractivity contribution is 6.00. The number of aromatic nitrogens is 4. The number of rotatable bonds is 3. The number of piperidine rings is 1. The van der Waals surface area contributed by atoms with E-state index in [4.69, 9.17) is 20.4 Å². The van der Waals surface area contributed by atoms with E-state index in [0.717, 1.165) is 19.3 Å². The summed E-state index contributed by atoms with van der Waals surface area (Å²) in [5, 5.41) is 3.50. The van der Waals surface area contributed by atoms with E-state index in [1.807, 2.05) is 4.90 Å². The molecular weight excluding hydrogens is 623 g/mol. The number of hydrogen-bond donors (Lipinski definition) is 2. The molecule has 8 rings (SSSR count). The third-order valence-electron chi connectivity index (χ3n) is 11.2. The first kappa shape index (κ1) is 31.2. The summed E-state index contributed by atoms with van der Waals surface area (Å²) < 4.78 is 55.7. The third-order valence-corrected chi connectivity index (χ3v) is 11.2. The molecule has 13 heteroatoms. The first-order valence-corrected chi connectivity index (χ1v) is 16.8. The van der Waals surface area contributed by atoms with E-state index in [0.29, 0.717) is 63.1 Å². The van der Waals surface area contributed by atoms with Gasteiger partial charge in [0.2, 0.25) is 5.91 Å². The van der Waals surface area contributed by atoms with Gasteiger partial charge in [0.05, 0.1) is 42.5 Å². The van der Waals surface area contributed by atoms with Crippen molar-refractivity contribution in [3.05, 3.63) is 41.6 Å². The Morgan fingerprint density at radius 3 is 2.73 bits per heavy atom. The number of ether oxygens (including phenoxy) is 1. The van der Waals surface area contributed by atoms with Crippen molar-refractivity contribution < 1.29 is 27.5 Å². The number of benzene rings is 1. The molecule has 2 saturated carbocycles. The van der Waals surface area contributed by atoms with Gasteiger partial charge in [-0.05, 0) is 81.7 Å². The van der Waals surface area contributed by atoms with E-state index in [2.05, 4.69) is 5.32 Å². The van der Waals surface area contributed by atoms with Gasteiger partial charge in [0.25, 0.3) is 11.8 Å². The van der Waals surface area contributed by atoms with Crippen LogP contribution >= 0.6 is 0 Å². The van der Waals surface area contributed by atoms with Gasteiger partial charge in [0, 0.05) is 43.0 Å². The molecule has 2 amide bonds. The number of amides is 2. The second kappa shape index (κ2) is 10.9. The number of pyridine rings is 1. The average molecular weight is 664 g/mol. The fourth-order valence-corrected chi connectivity index (χ4v) is 8.37. The number of carbonyl (C=O) groups is 2. The summed E-state index contributed by atoms with van der Waals surface area (Å²) in [4.78, 5) is 38.2. The normalized spacial score (nSPS) is 29.9. The van der Waals surface area contributed by atoms with Gasteiger partial charge in [-0.15, -0.1) is 0 Å². The number of nitrogens with zero attached hydrogens (tertiary/aromatic N) is 5. The lowest BCUT2D eigenvalue weighted by molar-refractivity contribution is -0.124. The number of imidazole rings is 1. The van der Waals surface area contributed by atoms with Crippen LogP contribution in [0.1, 0.15) is 74.0 Å². The minimum absolute atomic E-state index is 0.0455. The van der Waals surface area contributed by atoms with E-state index >= 15 is 13.2 Å². The number of hydrogen-bond acceptors (Lipinski definition) is 6. The zero-order chi connectivity index (χ0) is 33.7. The van der Waals surface area contributed by atoms with Gasteiger partial charge in [-0.1, -0.05) is 0 Å². The highest BCUT2D eigenvalue weighted by Crippen LogP contribution is 2.52. The fraction of sp³-hybridized carbons (Fsp3) is 0.543. The number of nitrogens with one attached hydrogen (secondary N) is 1. The highest BCUT2D eigenvalue weighted by Gasteiger charge is 2.59. The lowest BCUT2D eigenvalue weighted by atomic mass is 9.94. The average Bonchev–Trinajstić information content (AvgIpc) is 3.32. The molecular formula is C35H40F3N7O3. The molecule has 48 heavy (non-hydrogen) atoms. The largest absolute Gasteiger partial charge is 0.494 e. The molecule has 0 spiro atoms. The maximum Gasteiger partial charge on any atom is 0.265 e. The van der Waals surface area contributed by atoms with Crippen LogP contribution in [0.25, 0.3) is 33.6 Å². The van der Waals surface area contributed by atoms with Crippen LogP contribution in [0.2, 0.25) is 0 Å². The van der Waals surface area contributed by atoms with Gasteiger partial charge in [0.1, 0.15) is 22.6 Å². The van der Waals surface area contributed by atoms with Crippen LogP contribution in [-0.4, -0.2) is 73.1 Å². The SMILES string of the molecule is COc1cc(C(=O)N2C[C@H](N)[C@@H]3CC[C@H]2C3)cc2nc(-c3cc4ccc5nc4n3CC(F)(F)CCC[C@]3(F)C[C@H]3C(=O)N[C@@H]5C)n(C)c12. The van der Waals surface area contributed by atoms with Crippen molar-refractivity contribution in [3.8, 4) is 17.3 Å². The number of likely N-dealkylation sites (tertiary alicyclic amines) is 1. The Morgan fingerprint density at radius 2 is 1.94 bits per heavy atom. The van der Waals surface area contributed by atoms with Crippen molar-refractivity contribution in [3.63, 3.8) is 0 Å². The number of fused-ring (bicyclic) bond motifs is 5. The maximum absolute atomic E-state index is 15.7. The summed E-state index contributed by atoms with van der Waals surface area (Å²) in [7, 11) is 3.31. The van der Waals surface area contributed by atoms with Crippen molar-refractivity contribution in [2.24, 2.45) is 24.6 Å². The summed E-state index contributed by atoms with van der Waals surface area (Å²) in [5.41, 5.74) is 7.41. The summed E-state index contributed by atoms with van der Waals surface area (Å²) in [6, 6.07) is 8.30. The monoisotopic (exact) mass is 663 g/mol. The van der Waals surface area contributed by atoms with Gasteiger partial charge in [-0.2, -0.15) is 0 Å². The molecule has 0 unspecified atom stereocenters. The van der Waals surface area contributed by atoms with Gasteiger partial charge in [-0.25, -0.2) is 23.1 Å². The Balaban J connectivity index is 1.22. The molecule has 1 saturated heterocycles. The third kappa shape index (κ3) is 5.03. The van der Waals surface area contributed by atoms with Crippen LogP contribution in [0.3, 0.4) is 0 Å². The van der Waals surface area contributed by atoms with Crippen molar-refractivity contribution >= 4 is 33.9 Å². The van der Waals surface area contributed by atoms with Crippen LogP contribution < -0.4 is 15.8 Å². The molecule has 2 aliphatic heterocycles. The maximum atomic E-state index is 15.7.